The number of rotatable bonds is 4. The number of hydrogen-bond donors (Lipinski definition) is 0. The quantitative estimate of drug-likeness (QED) is 0.642. The first kappa shape index (κ1) is 15.3. The fourth-order valence-electron chi connectivity index (χ4n) is 2.01. The van der Waals surface area contributed by atoms with E-state index in [2.05, 4.69) is 4.98 Å². The van der Waals surface area contributed by atoms with E-state index in [4.69, 9.17) is 0 Å². The van der Waals surface area contributed by atoms with Gasteiger partial charge in [-0.1, -0.05) is 11.8 Å². The van der Waals surface area contributed by atoms with Gasteiger partial charge in [-0.15, -0.1) is 11.3 Å². The normalized spacial score (nSPS) is 11.5. The van der Waals surface area contributed by atoms with Crippen molar-refractivity contribution >= 4 is 39.1 Å². The average Bonchev–Trinajstić information content (AvgIpc) is 2.62. The van der Waals surface area contributed by atoms with Crippen molar-refractivity contribution < 1.29 is 4.79 Å². The second-order valence-corrected chi connectivity index (χ2v) is 7.26. The van der Waals surface area contributed by atoms with E-state index in [9.17, 15) is 9.59 Å². The zero-order valence-corrected chi connectivity index (χ0v) is 13.9. The van der Waals surface area contributed by atoms with E-state index >= 15 is 0 Å². The predicted molar refractivity (Wildman–Crippen MR) is 85.1 cm³/mol. The monoisotopic (exact) mass is 310 g/mol. The Balaban J connectivity index is 2.70. The van der Waals surface area contributed by atoms with Crippen LogP contribution in [-0.2, 0) is 4.79 Å². The van der Waals surface area contributed by atoms with Crippen molar-refractivity contribution in [2.24, 2.45) is 0 Å². The van der Waals surface area contributed by atoms with Crippen LogP contribution in [0.15, 0.2) is 9.95 Å². The third-order valence-electron chi connectivity index (χ3n) is 3.12. The van der Waals surface area contributed by atoms with Crippen molar-refractivity contribution in [2.75, 3.05) is 5.75 Å². The zero-order valence-electron chi connectivity index (χ0n) is 12.3. The molecule has 0 fully saturated rings. The summed E-state index contributed by atoms with van der Waals surface area (Å²) < 4.78 is 1.69. The van der Waals surface area contributed by atoms with Gasteiger partial charge in [-0.3, -0.25) is 14.2 Å². The summed E-state index contributed by atoms with van der Waals surface area (Å²) in [6, 6.07) is 0.0217. The Hall–Kier alpha value is -1.14. The summed E-state index contributed by atoms with van der Waals surface area (Å²) in [6.07, 6.45) is 0. The molecule has 0 saturated heterocycles. The minimum Gasteiger partial charge on any atom is -0.299 e. The number of aromatic nitrogens is 2. The molecule has 0 radical (unpaired) electrons. The molecule has 0 spiro atoms. The number of ketones is 1. The summed E-state index contributed by atoms with van der Waals surface area (Å²) >= 11 is 2.88. The standard InChI is InChI=1S/C14H18N2O2S2/c1-7(2)16-13(18)11-9(4)10(5)20-12(11)15-14(16)19-6-8(3)17/h7H,6H2,1-5H3. The van der Waals surface area contributed by atoms with Crippen molar-refractivity contribution in [1.29, 1.82) is 0 Å². The van der Waals surface area contributed by atoms with Gasteiger partial charge >= 0.3 is 0 Å². The molecule has 20 heavy (non-hydrogen) atoms. The predicted octanol–water partition coefficient (Wildman–Crippen LogP) is 3.34. The van der Waals surface area contributed by atoms with Gasteiger partial charge in [-0.2, -0.15) is 0 Å². The van der Waals surface area contributed by atoms with Crippen LogP contribution in [0.2, 0.25) is 0 Å². The highest BCUT2D eigenvalue weighted by Crippen LogP contribution is 2.29. The summed E-state index contributed by atoms with van der Waals surface area (Å²) in [7, 11) is 0. The minimum atomic E-state index is -0.00194. The Morgan fingerprint density at radius 1 is 1.40 bits per heavy atom. The topological polar surface area (TPSA) is 52.0 Å². The zero-order chi connectivity index (χ0) is 15.0. The Kier molecular flexibility index (Phi) is 4.34. The van der Waals surface area contributed by atoms with Crippen LogP contribution in [0.5, 0.6) is 0 Å². The largest absolute Gasteiger partial charge is 0.299 e. The maximum absolute atomic E-state index is 12.7. The summed E-state index contributed by atoms with van der Waals surface area (Å²) in [5, 5.41) is 1.35. The SMILES string of the molecule is CC(=O)CSc1nc2sc(C)c(C)c2c(=O)n1C(C)C. The fourth-order valence-corrected chi connectivity index (χ4v) is 4.01. The third kappa shape index (κ3) is 2.67. The van der Waals surface area contributed by atoms with Crippen LogP contribution < -0.4 is 5.56 Å². The molecule has 0 aliphatic rings. The van der Waals surface area contributed by atoms with Crippen LogP contribution in [0, 0.1) is 13.8 Å². The van der Waals surface area contributed by atoms with E-state index in [1.165, 1.54) is 23.1 Å². The van der Waals surface area contributed by atoms with E-state index in [0.717, 1.165) is 15.3 Å². The van der Waals surface area contributed by atoms with Crippen molar-refractivity contribution in [3.63, 3.8) is 0 Å². The maximum atomic E-state index is 12.7. The summed E-state index contributed by atoms with van der Waals surface area (Å²) in [6.45, 7) is 9.43. The smallest absolute Gasteiger partial charge is 0.263 e. The van der Waals surface area contributed by atoms with Crippen molar-refractivity contribution in [1.82, 2.24) is 9.55 Å². The number of thiophene rings is 1. The fraction of sp³-hybridized carbons (Fsp3) is 0.500. The molecule has 2 rings (SSSR count). The van der Waals surface area contributed by atoms with Crippen molar-refractivity contribution in [3.8, 4) is 0 Å². The van der Waals surface area contributed by atoms with Crippen LogP contribution in [0.25, 0.3) is 10.2 Å². The number of carbonyl (C=O) groups excluding carboxylic acids is 1. The molecular formula is C14H18N2O2S2. The van der Waals surface area contributed by atoms with Crippen LogP contribution >= 0.6 is 23.1 Å². The lowest BCUT2D eigenvalue weighted by Gasteiger charge is -2.14. The van der Waals surface area contributed by atoms with Gasteiger partial charge < -0.3 is 0 Å². The molecular weight excluding hydrogens is 292 g/mol. The number of Topliss-reactive ketones (excluding diaryl/α,β-unsaturated/α-hetero) is 1. The van der Waals surface area contributed by atoms with E-state index in [0.29, 0.717) is 16.3 Å². The molecule has 0 N–H and O–H groups in total. The lowest BCUT2D eigenvalue weighted by atomic mass is 10.2. The molecule has 0 bridgehead atoms. The van der Waals surface area contributed by atoms with Gasteiger partial charge in [0.1, 0.15) is 10.6 Å². The number of hydrogen-bond acceptors (Lipinski definition) is 5. The summed E-state index contributed by atoms with van der Waals surface area (Å²) in [5.74, 6) is 0.423. The second-order valence-electron chi connectivity index (χ2n) is 5.12. The molecule has 0 amide bonds. The molecule has 2 aromatic heterocycles. The van der Waals surface area contributed by atoms with Gasteiger partial charge in [0, 0.05) is 10.9 Å². The first-order valence-electron chi connectivity index (χ1n) is 6.47. The van der Waals surface area contributed by atoms with E-state index in [1.54, 1.807) is 11.5 Å². The van der Waals surface area contributed by atoms with E-state index in [1.807, 2.05) is 27.7 Å². The van der Waals surface area contributed by atoms with E-state index in [-0.39, 0.29) is 17.4 Å². The van der Waals surface area contributed by atoms with Crippen molar-refractivity contribution in [3.05, 3.63) is 20.8 Å². The molecule has 0 aromatic carbocycles. The molecule has 0 atom stereocenters. The molecule has 4 nitrogen and oxygen atoms in total. The first-order valence-corrected chi connectivity index (χ1v) is 8.27. The van der Waals surface area contributed by atoms with Crippen molar-refractivity contribution in [2.45, 2.75) is 45.8 Å². The highest BCUT2D eigenvalue weighted by Gasteiger charge is 2.18. The molecule has 2 aromatic rings. The highest BCUT2D eigenvalue weighted by molar-refractivity contribution is 7.99. The molecule has 108 valence electrons. The first-order chi connectivity index (χ1) is 9.32. The van der Waals surface area contributed by atoms with Crippen LogP contribution in [0.1, 0.15) is 37.3 Å². The van der Waals surface area contributed by atoms with Gasteiger partial charge in [0.05, 0.1) is 11.1 Å². The van der Waals surface area contributed by atoms with Crippen LogP contribution in [0.4, 0.5) is 0 Å². The molecule has 0 aliphatic heterocycles. The summed E-state index contributed by atoms with van der Waals surface area (Å²) in [5.41, 5.74) is 1.01. The lowest BCUT2D eigenvalue weighted by Crippen LogP contribution is -2.25. The molecule has 0 aliphatic carbocycles. The molecule has 2 heterocycles. The maximum Gasteiger partial charge on any atom is 0.263 e. The Bertz CT molecular complexity index is 729. The molecule has 6 heteroatoms. The Labute approximate surface area is 126 Å². The van der Waals surface area contributed by atoms with E-state index < -0.39 is 0 Å². The third-order valence-corrected chi connectivity index (χ3v) is 5.32. The van der Waals surface area contributed by atoms with Gasteiger partial charge in [0.25, 0.3) is 5.56 Å². The van der Waals surface area contributed by atoms with Gasteiger partial charge in [0.15, 0.2) is 5.16 Å². The average molecular weight is 310 g/mol. The number of nitrogens with zero attached hydrogens (tertiary/aromatic N) is 2. The number of aryl methyl sites for hydroxylation is 2. The molecule has 0 saturated carbocycles. The summed E-state index contributed by atoms with van der Waals surface area (Å²) in [4.78, 5) is 30.4. The highest BCUT2D eigenvalue weighted by atomic mass is 32.2. The number of fused-ring (bicyclic) bond motifs is 1. The van der Waals surface area contributed by atoms with Gasteiger partial charge in [0.2, 0.25) is 0 Å². The number of thioether (sulfide) groups is 1. The second kappa shape index (κ2) is 5.69. The lowest BCUT2D eigenvalue weighted by molar-refractivity contribution is -0.114. The Morgan fingerprint density at radius 2 is 2.05 bits per heavy atom. The number of carbonyl (C=O) groups is 1. The van der Waals surface area contributed by atoms with Crippen LogP contribution in [-0.4, -0.2) is 21.1 Å². The Morgan fingerprint density at radius 3 is 2.60 bits per heavy atom. The van der Waals surface area contributed by atoms with Gasteiger partial charge in [-0.25, -0.2) is 4.98 Å². The van der Waals surface area contributed by atoms with Crippen LogP contribution in [0.3, 0.4) is 0 Å². The van der Waals surface area contributed by atoms with Gasteiger partial charge in [-0.05, 0) is 40.2 Å². The minimum absolute atomic E-state index is 0.00194. The molecule has 0 unspecified atom stereocenters.